The predicted molar refractivity (Wildman–Crippen MR) is 82.5 cm³/mol. The molecule has 1 aromatic heterocycles. The smallest absolute Gasteiger partial charge is 0.337 e. The number of ether oxygens (including phenoxy) is 1. The highest BCUT2D eigenvalue weighted by molar-refractivity contribution is 7.89. The van der Waals surface area contributed by atoms with Crippen LogP contribution in [-0.4, -0.2) is 21.5 Å². The van der Waals surface area contributed by atoms with E-state index >= 15 is 0 Å². The fourth-order valence-electron chi connectivity index (χ4n) is 2.75. The van der Waals surface area contributed by atoms with Gasteiger partial charge in [-0.1, -0.05) is 0 Å². The van der Waals surface area contributed by atoms with Crippen LogP contribution in [0.5, 0.6) is 0 Å². The molecule has 23 heavy (non-hydrogen) atoms. The lowest BCUT2D eigenvalue weighted by Gasteiger charge is -2.22. The minimum absolute atomic E-state index is 0.112. The molecule has 0 bridgehead atoms. The van der Waals surface area contributed by atoms with Gasteiger partial charge in [-0.25, -0.2) is 17.9 Å². The third-order valence-electron chi connectivity index (χ3n) is 3.94. The van der Waals surface area contributed by atoms with Gasteiger partial charge in [-0.15, -0.1) is 0 Å². The maximum atomic E-state index is 12.5. The third-order valence-corrected chi connectivity index (χ3v) is 5.42. The van der Waals surface area contributed by atoms with Gasteiger partial charge in [0.2, 0.25) is 10.0 Å². The zero-order valence-electron chi connectivity index (χ0n) is 12.6. The molecular formula is C16H17NO5S. The van der Waals surface area contributed by atoms with Gasteiger partial charge in [0.15, 0.2) is 0 Å². The Morgan fingerprint density at radius 1 is 1.26 bits per heavy atom. The first kappa shape index (κ1) is 15.8. The quantitative estimate of drug-likeness (QED) is 0.867. The van der Waals surface area contributed by atoms with E-state index in [0.717, 1.165) is 30.6 Å². The minimum atomic E-state index is -3.67. The summed E-state index contributed by atoms with van der Waals surface area (Å²) in [5.74, 6) is 0.335. The Morgan fingerprint density at radius 3 is 2.70 bits per heavy atom. The summed E-state index contributed by atoms with van der Waals surface area (Å²) in [4.78, 5) is 11.5. The number of esters is 1. The van der Waals surface area contributed by atoms with Crippen molar-refractivity contribution >= 4 is 16.0 Å². The van der Waals surface area contributed by atoms with E-state index in [1.807, 2.05) is 6.07 Å². The van der Waals surface area contributed by atoms with E-state index in [1.165, 1.54) is 31.4 Å². The van der Waals surface area contributed by atoms with Gasteiger partial charge in [0.25, 0.3) is 0 Å². The highest BCUT2D eigenvalue weighted by Gasteiger charge is 2.27. The van der Waals surface area contributed by atoms with Gasteiger partial charge >= 0.3 is 5.97 Å². The van der Waals surface area contributed by atoms with Crippen molar-refractivity contribution in [2.75, 3.05) is 7.11 Å². The largest absolute Gasteiger partial charge is 0.469 e. The monoisotopic (exact) mass is 335 g/mol. The Hall–Kier alpha value is -2.12. The second-order valence-corrected chi connectivity index (χ2v) is 7.10. The molecule has 6 nitrogen and oxygen atoms in total. The average molecular weight is 335 g/mol. The number of hydrogen-bond acceptors (Lipinski definition) is 5. The molecule has 0 saturated carbocycles. The lowest BCUT2D eigenvalue weighted by Crippen LogP contribution is -2.30. The first-order chi connectivity index (χ1) is 11.0. The average Bonchev–Trinajstić information content (AvgIpc) is 3.04. The Bertz CT molecular complexity index is 807. The Morgan fingerprint density at radius 2 is 2.00 bits per heavy atom. The number of hydrogen-bond donors (Lipinski definition) is 1. The standard InChI is InChI=1S/C16H17NO5S/c1-21-16(18)11-5-7-12(8-6-11)23(19,20)17-14-3-2-4-15-13(14)9-10-22-15/h5-10,14,17H,2-4H2,1H3. The molecule has 1 heterocycles. The van der Waals surface area contributed by atoms with Gasteiger partial charge < -0.3 is 9.15 Å². The number of rotatable bonds is 4. The van der Waals surface area contributed by atoms with Crippen molar-refractivity contribution in [1.82, 2.24) is 4.72 Å². The van der Waals surface area contributed by atoms with Gasteiger partial charge in [0, 0.05) is 12.0 Å². The molecule has 0 amide bonds. The van der Waals surface area contributed by atoms with Crippen LogP contribution in [-0.2, 0) is 21.2 Å². The summed E-state index contributed by atoms with van der Waals surface area (Å²) < 4.78 is 37.7. The zero-order valence-corrected chi connectivity index (χ0v) is 13.4. The third kappa shape index (κ3) is 3.16. The second kappa shape index (κ2) is 6.17. The zero-order chi connectivity index (χ0) is 16.4. The maximum Gasteiger partial charge on any atom is 0.337 e. The molecule has 1 aromatic carbocycles. The van der Waals surface area contributed by atoms with Crippen molar-refractivity contribution in [3.8, 4) is 0 Å². The van der Waals surface area contributed by atoms with Gasteiger partial charge in [0.05, 0.1) is 29.9 Å². The van der Waals surface area contributed by atoms with E-state index in [-0.39, 0.29) is 10.9 Å². The molecule has 1 atom stereocenters. The van der Waals surface area contributed by atoms with Crippen LogP contribution in [0.3, 0.4) is 0 Å². The molecule has 2 aromatic rings. The van der Waals surface area contributed by atoms with E-state index in [9.17, 15) is 13.2 Å². The summed E-state index contributed by atoms with van der Waals surface area (Å²) in [6.07, 6.45) is 4.01. The molecule has 1 unspecified atom stereocenters. The van der Waals surface area contributed by atoms with Gasteiger partial charge in [-0.2, -0.15) is 0 Å². The number of carbonyl (C=O) groups excluding carboxylic acids is 1. The van der Waals surface area contributed by atoms with Crippen molar-refractivity contribution < 1.29 is 22.4 Å². The first-order valence-corrected chi connectivity index (χ1v) is 8.76. The first-order valence-electron chi connectivity index (χ1n) is 7.28. The summed E-state index contributed by atoms with van der Waals surface area (Å²) in [6, 6.07) is 7.18. The van der Waals surface area contributed by atoms with E-state index in [0.29, 0.717) is 5.56 Å². The van der Waals surface area contributed by atoms with Crippen LogP contribution in [0.2, 0.25) is 0 Å². The number of carbonyl (C=O) groups is 1. The molecule has 7 heteroatoms. The molecule has 1 aliphatic rings. The fourth-order valence-corrected chi connectivity index (χ4v) is 4.00. The number of nitrogens with one attached hydrogen (secondary N) is 1. The topological polar surface area (TPSA) is 85.6 Å². The lowest BCUT2D eigenvalue weighted by molar-refractivity contribution is 0.0600. The summed E-state index contributed by atoms with van der Waals surface area (Å²) in [5, 5.41) is 0. The molecule has 3 rings (SSSR count). The Labute approximate surface area is 134 Å². The molecule has 122 valence electrons. The molecule has 0 saturated heterocycles. The number of furan rings is 1. The number of benzene rings is 1. The van der Waals surface area contributed by atoms with Crippen molar-refractivity contribution in [1.29, 1.82) is 0 Å². The minimum Gasteiger partial charge on any atom is -0.469 e. The highest BCUT2D eigenvalue weighted by Crippen LogP contribution is 2.31. The van der Waals surface area contributed by atoms with Crippen molar-refractivity contribution in [2.45, 2.75) is 30.2 Å². The van der Waals surface area contributed by atoms with E-state index in [4.69, 9.17) is 4.42 Å². The second-order valence-electron chi connectivity index (χ2n) is 5.38. The maximum absolute atomic E-state index is 12.5. The molecule has 0 fully saturated rings. The van der Waals surface area contributed by atoms with Gasteiger partial charge in [-0.3, -0.25) is 0 Å². The van der Waals surface area contributed by atoms with Crippen LogP contribution in [0.1, 0.15) is 40.6 Å². The normalized spacial score (nSPS) is 17.5. The highest BCUT2D eigenvalue weighted by atomic mass is 32.2. The molecule has 1 N–H and O–H groups in total. The van der Waals surface area contributed by atoms with Crippen molar-refractivity contribution in [3.05, 3.63) is 53.5 Å². The Kier molecular flexibility index (Phi) is 4.23. The van der Waals surface area contributed by atoms with E-state index < -0.39 is 16.0 Å². The van der Waals surface area contributed by atoms with Crippen LogP contribution in [0.15, 0.2) is 45.9 Å². The van der Waals surface area contributed by atoms with Crippen LogP contribution in [0, 0.1) is 0 Å². The molecular weight excluding hydrogens is 318 g/mol. The number of aryl methyl sites for hydroxylation is 1. The number of methoxy groups -OCH3 is 1. The van der Waals surface area contributed by atoms with Crippen LogP contribution in [0.4, 0.5) is 0 Å². The van der Waals surface area contributed by atoms with Crippen LogP contribution >= 0.6 is 0 Å². The summed E-state index contributed by atoms with van der Waals surface area (Å²) >= 11 is 0. The molecule has 0 spiro atoms. The van der Waals surface area contributed by atoms with Crippen molar-refractivity contribution in [3.63, 3.8) is 0 Å². The van der Waals surface area contributed by atoms with E-state index in [1.54, 1.807) is 6.26 Å². The Balaban J connectivity index is 1.82. The summed E-state index contributed by atoms with van der Waals surface area (Å²) in [6.45, 7) is 0. The lowest BCUT2D eigenvalue weighted by atomic mass is 9.94. The van der Waals surface area contributed by atoms with E-state index in [2.05, 4.69) is 9.46 Å². The van der Waals surface area contributed by atoms with Gasteiger partial charge in [0.1, 0.15) is 5.76 Å². The number of sulfonamides is 1. The summed E-state index contributed by atoms with van der Waals surface area (Å²) in [7, 11) is -2.40. The fraction of sp³-hybridized carbons (Fsp3) is 0.312. The molecule has 0 radical (unpaired) electrons. The molecule has 1 aliphatic carbocycles. The SMILES string of the molecule is COC(=O)c1ccc(S(=O)(=O)NC2CCCc3occc32)cc1. The summed E-state index contributed by atoms with van der Waals surface area (Å²) in [5.41, 5.74) is 1.20. The molecule has 0 aliphatic heterocycles. The number of fused-ring (bicyclic) bond motifs is 1. The predicted octanol–water partition coefficient (Wildman–Crippen LogP) is 2.42. The van der Waals surface area contributed by atoms with Crippen LogP contribution < -0.4 is 4.72 Å². The van der Waals surface area contributed by atoms with Gasteiger partial charge in [-0.05, 0) is 43.2 Å². The van der Waals surface area contributed by atoms with Crippen molar-refractivity contribution in [2.24, 2.45) is 0 Å². The van der Waals surface area contributed by atoms with Crippen LogP contribution in [0.25, 0.3) is 0 Å².